The van der Waals surface area contributed by atoms with E-state index in [-0.39, 0.29) is 29.4 Å². The number of amides is 1. The van der Waals surface area contributed by atoms with Crippen molar-refractivity contribution in [3.8, 4) is 0 Å². The van der Waals surface area contributed by atoms with E-state index in [9.17, 15) is 18.0 Å². The standard InChI is InChI=1S/C44H55N5O4S/c1-49(2)30-34-18-16-33(17-19-34)29-46-43(45)37-22-20-32(21-23-37)26-40(42(50)36-13-7-8-14-36)47-44(51)41(27-31-10-4-3-5-11-31)48-54(52,53)39-25-24-35-12-6-9-15-38(35)28-39/h3-6,9-12,15,20-25,28,33-34,36,40-41,48H,7-8,13-14,16-19,26-27,29-30H2,1-2H3,(H2,45,46)(H,47,51)/t33?,34?,40-,41+/m1/s1. The molecule has 4 N–H and O–H groups in total. The molecule has 1 amide bonds. The number of sulfonamides is 1. The Labute approximate surface area is 320 Å². The van der Waals surface area contributed by atoms with Crippen LogP contribution in [0, 0.1) is 17.8 Å². The third-order valence-corrected chi connectivity index (χ3v) is 12.6. The SMILES string of the molecule is CN(C)CC1CCC(CN=C(N)c2ccc(C[C@@H](NC(=O)[C@H](Cc3ccccc3)NS(=O)(=O)c3ccc4ccccc4c3)C(=O)C3CCCC3)cc2)CC1. The van der Waals surface area contributed by atoms with Crippen molar-refractivity contribution < 1.29 is 18.0 Å². The summed E-state index contributed by atoms with van der Waals surface area (Å²) in [5.74, 6) is 1.12. The number of Topliss-reactive ketones (excluding diaryl/α,β-unsaturated/α-hetero) is 1. The Bertz CT molecular complexity index is 2000. The highest BCUT2D eigenvalue weighted by Gasteiger charge is 2.34. The number of hydrogen-bond donors (Lipinski definition) is 3. The summed E-state index contributed by atoms with van der Waals surface area (Å²) in [5, 5.41) is 4.70. The summed E-state index contributed by atoms with van der Waals surface area (Å²) in [4.78, 5) is 35.3. The first-order valence-electron chi connectivity index (χ1n) is 19.5. The second kappa shape index (κ2) is 18.3. The van der Waals surface area contributed by atoms with Crippen molar-refractivity contribution >= 4 is 38.3 Å². The second-order valence-corrected chi connectivity index (χ2v) is 17.3. The predicted octanol–water partition coefficient (Wildman–Crippen LogP) is 6.29. The molecule has 0 saturated heterocycles. The zero-order valence-corrected chi connectivity index (χ0v) is 32.4. The van der Waals surface area contributed by atoms with Gasteiger partial charge in [-0.15, -0.1) is 0 Å². The second-order valence-electron chi connectivity index (χ2n) is 15.6. The maximum atomic E-state index is 14.2. The fourth-order valence-electron chi connectivity index (χ4n) is 8.10. The van der Waals surface area contributed by atoms with E-state index in [0.717, 1.165) is 72.2 Å². The van der Waals surface area contributed by atoms with E-state index in [1.807, 2.05) is 78.9 Å². The van der Waals surface area contributed by atoms with E-state index in [4.69, 9.17) is 10.7 Å². The van der Waals surface area contributed by atoms with E-state index in [1.54, 1.807) is 18.2 Å². The van der Waals surface area contributed by atoms with Crippen molar-refractivity contribution in [1.82, 2.24) is 14.9 Å². The lowest BCUT2D eigenvalue weighted by Gasteiger charge is -2.29. The van der Waals surface area contributed by atoms with Crippen LogP contribution in [-0.4, -0.2) is 70.1 Å². The Kier molecular flexibility index (Phi) is 13.3. The molecule has 0 heterocycles. The third kappa shape index (κ3) is 10.6. The number of nitrogens with one attached hydrogen (secondary N) is 2. The number of ketones is 1. The van der Waals surface area contributed by atoms with Crippen LogP contribution in [0.4, 0.5) is 0 Å². The van der Waals surface area contributed by atoms with Gasteiger partial charge in [0.15, 0.2) is 5.78 Å². The number of amidine groups is 1. The molecule has 4 aromatic carbocycles. The smallest absolute Gasteiger partial charge is 0.241 e. The lowest BCUT2D eigenvalue weighted by Crippen LogP contribution is -2.53. The Morgan fingerprint density at radius 2 is 1.37 bits per heavy atom. The predicted molar refractivity (Wildman–Crippen MR) is 217 cm³/mol. The molecule has 2 atom stereocenters. The van der Waals surface area contributed by atoms with Gasteiger partial charge in [0.1, 0.15) is 11.9 Å². The molecule has 0 spiro atoms. The van der Waals surface area contributed by atoms with Gasteiger partial charge in [0.05, 0.1) is 10.9 Å². The monoisotopic (exact) mass is 749 g/mol. The number of nitrogens with two attached hydrogens (primary N) is 1. The topological polar surface area (TPSA) is 134 Å². The van der Waals surface area contributed by atoms with Gasteiger partial charge in [0, 0.05) is 24.6 Å². The highest BCUT2D eigenvalue weighted by atomic mass is 32.2. The summed E-state index contributed by atoms with van der Waals surface area (Å²) in [6.45, 7) is 1.86. The number of aliphatic imine (C=N–C) groups is 1. The van der Waals surface area contributed by atoms with E-state index >= 15 is 0 Å². The fraction of sp³-hybridized carbons (Fsp3) is 0.432. The van der Waals surface area contributed by atoms with Gasteiger partial charge in [-0.2, -0.15) is 4.72 Å². The molecular weight excluding hydrogens is 695 g/mol. The summed E-state index contributed by atoms with van der Waals surface area (Å²) in [5.41, 5.74) is 8.94. The molecular formula is C44H55N5O4S. The molecule has 0 radical (unpaired) electrons. The first kappa shape index (κ1) is 39.3. The van der Waals surface area contributed by atoms with E-state index in [2.05, 4.69) is 29.0 Å². The Morgan fingerprint density at radius 3 is 2.06 bits per heavy atom. The molecule has 10 heteroatoms. The highest BCUT2D eigenvalue weighted by Crippen LogP contribution is 2.30. The largest absolute Gasteiger partial charge is 0.384 e. The molecule has 2 saturated carbocycles. The number of benzene rings is 4. The summed E-state index contributed by atoms with van der Waals surface area (Å²) < 4.78 is 30.3. The zero-order valence-electron chi connectivity index (χ0n) is 31.6. The van der Waals surface area contributed by atoms with Crippen LogP contribution >= 0.6 is 0 Å². The van der Waals surface area contributed by atoms with Crippen molar-refractivity contribution in [2.75, 3.05) is 27.2 Å². The molecule has 286 valence electrons. The Balaban J connectivity index is 1.16. The Morgan fingerprint density at radius 1 is 0.759 bits per heavy atom. The van der Waals surface area contributed by atoms with E-state index < -0.39 is 28.0 Å². The van der Waals surface area contributed by atoms with Crippen molar-refractivity contribution in [3.05, 3.63) is 114 Å². The third-order valence-electron chi connectivity index (χ3n) is 11.1. The molecule has 0 bridgehead atoms. The minimum atomic E-state index is -4.10. The van der Waals surface area contributed by atoms with Crippen LogP contribution in [0.5, 0.6) is 0 Å². The molecule has 0 unspecified atom stereocenters. The molecule has 9 nitrogen and oxygen atoms in total. The summed E-state index contributed by atoms with van der Waals surface area (Å²) in [6, 6.07) is 27.5. The zero-order chi connectivity index (χ0) is 38.1. The minimum Gasteiger partial charge on any atom is -0.384 e. The normalized spacial score (nSPS) is 19.5. The number of hydrogen-bond acceptors (Lipinski definition) is 6. The summed E-state index contributed by atoms with van der Waals surface area (Å²) in [7, 11) is 0.170. The van der Waals surface area contributed by atoms with Crippen LogP contribution in [0.15, 0.2) is 107 Å². The average Bonchev–Trinajstić information content (AvgIpc) is 3.72. The van der Waals surface area contributed by atoms with Crippen LogP contribution in [-0.2, 0) is 32.5 Å². The Hall–Kier alpha value is -4.38. The fourth-order valence-corrected chi connectivity index (χ4v) is 9.33. The molecule has 2 aliphatic carbocycles. The molecule has 2 fully saturated rings. The number of nitrogens with zero attached hydrogens (tertiary/aromatic N) is 2. The maximum Gasteiger partial charge on any atom is 0.241 e. The lowest BCUT2D eigenvalue weighted by atomic mass is 9.82. The van der Waals surface area contributed by atoms with Crippen molar-refractivity contribution in [2.24, 2.45) is 28.5 Å². The average molecular weight is 750 g/mol. The number of carbonyl (C=O) groups is 2. The summed E-state index contributed by atoms with van der Waals surface area (Å²) in [6.07, 6.45) is 8.74. The molecule has 0 aliphatic heterocycles. The van der Waals surface area contributed by atoms with Gasteiger partial charge in [-0.3, -0.25) is 14.6 Å². The molecule has 54 heavy (non-hydrogen) atoms. The summed E-state index contributed by atoms with van der Waals surface area (Å²) >= 11 is 0. The van der Waals surface area contributed by atoms with Crippen LogP contribution in [0.2, 0.25) is 0 Å². The highest BCUT2D eigenvalue weighted by molar-refractivity contribution is 7.89. The van der Waals surface area contributed by atoms with E-state index in [0.29, 0.717) is 11.8 Å². The van der Waals surface area contributed by atoms with Crippen LogP contribution in [0.1, 0.15) is 68.1 Å². The van der Waals surface area contributed by atoms with Gasteiger partial charge in [-0.25, -0.2) is 8.42 Å². The van der Waals surface area contributed by atoms with Crippen molar-refractivity contribution in [1.29, 1.82) is 0 Å². The van der Waals surface area contributed by atoms with Crippen molar-refractivity contribution in [3.63, 3.8) is 0 Å². The number of rotatable bonds is 16. The number of carbonyl (C=O) groups excluding carboxylic acids is 2. The van der Waals surface area contributed by atoms with Crippen LogP contribution in [0.25, 0.3) is 10.8 Å². The van der Waals surface area contributed by atoms with Gasteiger partial charge in [0.25, 0.3) is 0 Å². The molecule has 0 aromatic heterocycles. The minimum absolute atomic E-state index is 0.0119. The van der Waals surface area contributed by atoms with Crippen LogP contribution < -0.4 is 15.8 Å². The first-order valence-corrected chi connectivity index (χ1v) is 21.0. The van der Waals surface area contributed by atoms with E-state index in [1.165, 1.54) is 25.7 Å². The van der Waals surface area contributed by atoms with Gasteiger partial charge in [-0.1, -0.05) is 97.8 Å². The van der Waals surface area contributed by atoms with Gasteiger partial charge < -0.3 is 16.0 Å². The van der Waals surface area contributed by atoms with Crippen molar-refractivity contribution in [2.45, 2.75) is 81.2 Å². The number of fused-ring (bicyclic) bond motifs is 1. The first-order chi connectivity index (χ1) is 26.0. The molecule has 4 aromatic rings. The van der Waals surface area contributed by atoms with Crippen LogP contribution in [0.3, 0.4) is 0 Å². The quantitative estimate of drug-likeness (QED) is 0.0912. The lowest BCUT2D eigenvalue weighted by molar-refractivity contribution is -0.130. The van der Waals surface area contributed by atoms with Gasteiger partial charge in [-0.05, 0) is 111 Å². The van der Waals surface area contributed by atoms with Gasteiger partial charge in [0.2, 0.25) is 15.9 Å². The molecule has 6 rings (SSSR count). The van der Waals surface area contributed by atoms with Gasteiger partial charge >= 0.3 is 0 Å². The molecule has 2 aliphatic rings. The maximum absolute atomic E-state index is 14.2.